The number of anilines is 1. The van der Waals surface area contributed by atoms with Crippen LogP contribution in [0.3, 0.4) is 0 Å². The van der Waals surface area contributed by atoms with Crippen LogP contribution in [0.4, 0.5) is 10.5 Å². The number of rotatable bonds is 7. The Morgan fingerprint density at radius 2 is 1.81 bits per heavy atom. The number of aliphatic hydroxyl groups excluding tert-OH is 1. The fourth-order valence-electron chi connectivity index (χ4n) is 2.17. The highest BCUT2D eigenvalue weighted by Gasteiger charge is 2.16. The third-order valence-electron chi connectivity index (χ3n) is 3.53. The van der Waals surface area contributed by atoms with Crippen LogP contribution in [0.25, 0.3) is 0 Å². The standard InChI is InChI=1S/C17H28N2O2/c1-5-6-7-12-19(13(2)3)17(21)18-16-10-8-15(9-11-16)14(4)20/h8-11,13-14,20H,5-7,12H2,1-4H3,(H,18,21). The normalized spacial score (nSPS) is 12.3. The summed E-state index contributed by atoms with van der Waals surface area (Å²) in [5, 5.41) is 12.4. The predicted molar refractivity (Wildman–Crippen MR) is 87.5 cm³/mol. The second kappa shape index (κ2) is 8.67. The van der Waals surface area contributed by atoms with Crippen molar-refractivity contribution in [3.05, 3.63) is 29.8 Å². The smallest absolute Gasteiger partial charge is 0.322 e. The van der Waals surface area contributed by atoms with Crippen molar-refractivity contribution in [1.82, 2.24) is 4.90 Å². The average Bonchev–Trinajstić information content (AvgIpc) is 2.43. The Hall–Kier alpha value is -1.55. The number of benzene rings is 1. The number of carbonyl (C=O) groups is 1. The van der Waals surface area contributed by atoms with E-state index in [1.54, 1.807) is 6.92 Å². The van der Waals surface area contributed by atoms with Gasteiger partial charge < -0.3 is 15.3 Å². The van der Waals surface area contributed by atoms with Crippen molar-refractivity contribution in [2.75, 3.05) is 11.9 Å². The first-order valence-corrected chi connectivity index (χ1v) is 7.81. The summed E-state index contributed by atoms with van der Waals surface area (Å²) < 4.78 is 0. The van der Waals surface area contributed by atoms with Gasteiger partial charge in [-0.25, -0.2) is 4.79 Å². The molecule has 4 nitrogen and oxygen atoms in total. The minimum Gasteiger partial charge on any atom is -0.389 e. The van der Waals surface area contributed by atoms with E-state index in [1.165, 1.54) is 0 Å². The average molecular weight is 292 g/mol. The maximum Gasteiger partial charge on any atom is 0.322 e. The number of nitrogens with zero attached hydrogens (tertiary/aromatic N) is 1. The van der Waals surface area contributed by atoms with Gasteiger partial charge in [-0.05, 0) is 44.9 Å². The largest absolute Gasteiger partial charge is 0.389 e. The van der Waals surface area contributed by atoms with Gasteiger partial charge in [0.25, 0.3) is 0 Å². The molecular weight excluding hydrogens is 264 g/mol. The highest BCUT2D eigenvalue weighted by atomic mass is 16.3. The van der Waals surface area contributed by atoms with E-state index in [1.807, 2.05) is 43.0 Å². The van der Waals surface area contributed by atoms with E-state index in [4.69, 9.17) is 0 Å². The molecule has 21 heavy (non-hydrogen) atoms. The first-order valence-electron chi connectivity index (χ1n) is 7.81. The number of hydrogen-bond acceptors (Lipinski definition) is 2. The molecule has 0 aliphatic heterocycles. The molecule has 1 unspecified atom stereocenters. The molecule has 2 amide bonds. The first kappa shape index (κ1) is 17.5. The minimum absolute atomic E-state index is 0.0640. The molecule has 0 spiro atoms. The van der Waals surface area contributed by atoms with Crippen LogP contribution in [0.1, 0.15) is 58.6 Å². The summed E-state index contributed by atoms with van der Waals surface area (Å²) in [6, 6.07) is 7.42. The van der Waals surface area contributed by atoms with Gasteiger partial charge in [-0.1, -0.05) is 31.9 Å². The molecule has 0 saturated carbocycles. The number of carbonyl (C=O) groups excluding carboxylic acids is 1. The monoisotopic (exact) mass is 292 g/mol. The summed E-state index contributed by atoms with van der Waals surface area (Å²) in [6.45, 7) is 8.72. The maximum atomic E-state index is 12.3. The van der Waals surface area contributed by atoms with Gasteiger partial charge in [0.05, 0.1) is 6.10 Å². The molecule has 0 saturated heterocycles. The number of nitrogens with one attached hydrogen (secondary N) is 1. The zero-order valence-electron chi connectivity index (χ0n) is 13.6. The summed E-state index contributed by atoms with van der Waals surface area (Å²) >= 11 is 0. The number of amides is 2. The number of aliphatic hydroxyl groups is 1. The van der Waals surface area contributed by atoms with Gasteiger partial charge in [0.2, 0.25) is 0 Å². The van der Waals surface area contributed by atoms with E-state index in [0.717, 1.165) is 37.1 Å². The molecule has 1 aromatic carbocycles. The SMILES string of the molecule is CCCCCN(C(=O)Nc1ccc(C(C)O)cc1)C(C)C. The van der Waals surface area contributed by atoms with Crippen molar-refractivity contribution in [2.24, 2.45) is 0 Å². The van der Waals surface area contributed by atoms with Gasteiger partial charge in [0.15, 0.2) is 0 Å². The van der Waals surface area contributed by atoms with Crippen LogP contribution in [0.15, 0.2) is 24.3 Å². The fraction of sp³-hybridized carbons (Fsp3) is 0.588. The summed E-state index contributed by atoms with van der Waals surface area (Å²) in [6.07, 6.45) is 2.83. The topological polar surface area (TPSA) is 52.6 Å². The molecule has 0 heterocycles. The van der Waals surface area contributed by atoms with Gasteiger partial charge in [-0.3, -0.25) is 0 Å². The Labute approximate surface area is 128 Å². The van der Waals surface area contributed by atoms with Crippen LogP contribution < -0.4 is 5.32 Å². The van der Waals surface area contributed by atoms with E-state index in [9.17, 15) is 9.90 Å². The molecule has 1 aromatic rings. The van der Waals surface area contributed by atoms with Crippen molar-refractivity contribution >= 4 is 11.7 Å². The summed E-state index contributed by atoms with van der Waals surface area (Å²) in [5.41, 5.74) is 1.60. The summed E-state index contributed by atoms with van der Waals surface area (Å²) in [4.78, 5) is 14.2. The van der Waals surface area contributed by atoms with Gasteiger partial charge in [0.1, 0.15) is 0 Å². The highest BCUT2D eigenvalue weighted by Crippen LogP contribution is 2.16. The van der Waals surface area contributed by atoms with Crippen molar-refractivity contribution in [3.8, 4) is 0 Å². The van der Waals surface area contributed by atoms with Gasteiger partial charge in [0, 0.05) is 18.3 Å². The van der Waals surface area contributed by atoms with Crippen LogP contribution in [0.2, 0.25) is 0 Å². The Morgan fingerprint density at radius 3 is 2.29 bits per heavy atom. The summed E-state index contributed by atoms with van der Waals surface area (Å²) in [5.74, 6) is 0. The van der Waals surface area contributed by atoms with E-state index in [0.29, 0.717) is 0 Å². The lowest BCUT2D eigenvalue weighted by molar-refractivity contribution is 0.195. The second-order valence-corrected chi connectivity index (χ2v) is 5.72. The zero-order chi connectivity index (χ0) is 15.8. The molecular formula is C17H28N2O2. The fourth-order valence-corrected chi connectivity index (χ4v) is 2.17. The zero-order valence-corrected chi connectivity index (χ0v) is 13.6. The van der Waals surface area contributed by atoms with Gasteiger partial charge in [-0.15, -0.1) is 0 Å². The van der Waals surface area contributed by atoms with Gasteiger partial charge >= 0.3 is 6.03 Å². The molecule has 0 aliphatic carbocycles. The third kappa shape index (κ3) is 5.76. The molecule has 0 fully saturated rings. The number of unbranched alkanes of at least 4 members (excludes halogenated alkanes) is 2. The molecule has 0 radical (unpaired) electrons. The van der Waals surface area contributed by atoms with Crippen LogP contribution in [0.5, 0.6) is 0 Å². The molecule has 1 rings (SSSR count). The van der Waals surface area contributed by atoms with Crippen molar-refractivity contribution in [2.45, 2.75) is 59.1 Å². The molecule has 0 aromatic heterocycles. The molecule has 4 heteroatoms. The third-order valence-corrected chi connectivity index (χ3v) is 3.53. The quantitative estimate of drug-likeness (QED) is 0.741. The Kier molecular flexibility index (Phi) is 7.23. The molecule has 0 bridgehead atoms. The minimum atomic E-state index is -0.490. The Morgan fingerprint density at radius 1 is 1.19 bits per heavy atom. The van der Waals surface area contributed by atoms with Crippen molar-refractivity contribution < 1.29 is 9.90 Å². The Bertz CT molecular complexity index is 427. The number of hydrogen-bond donors (Lipinski definition) is 2. The maximum absolute atomic E-state index is 12.3. The molecule has 2 N–H and O–H groups in total. The number of urea groups is 1. The summed E-state index contributed by atoms with van der Waals surface area (Å²) in [7, 11) is 0. The molecule has 0 aliphatic rings. The van der Waals surface area contributed by atoms with E-state index in [2.05, 4.69) is 12.2 Å². The van der Waals surface area contributed by atoms with Gasteiger partial charge in [-0.2, -0.15) is 0 Å². The van der Waals surface area contributed by atoms with Crippen LogP contribution in [-0.2, 0) is 0 Å². The first-order chi connectivity index (χ1) is 9.95. The lowest BCUT2D eigenvalue weighted by atomic mass is 10.1. The predicted octanol–water partition coefficient (Wildman–Crippen LogP) is 4.17. The van der Waals surface area contributed by atoms with Crippen LogP contribution >= 0.6 is 0 Å². The van der Waals surface area contributed by atoms with E-state index >= 15 is 0 Å². The van der Waals surface area contributed by atoms with E-state index in [-0.39, 0.29) is 12.1 Å². The molecule has 1 atom stereocenters. The second-order valence-electron chi connectivity index (χ2n) is 5.72. The van der Waals surface area contributed by atoms with E-state index < -0.39 is 6.10 Å². The van der Waals surface area contributed by atoms with Crippen LogP contribution in [-0.4, -0.2) is 28.6 Å². The Balaban J connectivity index is 2.63. The molecule has 118 valence electrons. The highest BCUT2D eigenvalue weighted by molar-refractivity contribution is 5.89. The van der Waals surface area contributed by atoms with Crippen molar-refractivity contribution in [1.29, 1.82) is 0 Å². The van der Waals surface area contributed by atoms with Crippen LogP contribution in [0, 0.1) is 0 Å². The lowest BCUT2D eigenvalue weighted by Gasteiger charge is -2.27. The lowest BCUT2D eigenvalue weighted by Crippen LogP contribution is -2.40. The van der Waals surface area contributed by atoms with Crippen molar-refractivity contribution in [3.63, 3.8) is 0 Å².